The van der Waals surface area contributed by atoms with Crippen LogP contribution < -0.4 is 0 Å². The average molecular weight is 480 g/mol. The number of halogens is 1. The number of nitrogens with zero attached hydrogens (tertiary/aromatic N) is 4. The molecule has 5 nitrogen and oxygen atoms in total. The molecule has 1 N–H and O–H groups in total. The van der Waals surface area contributed by atoms with Crippen molar-refractivity contribution in [3.8, 4) is 21.9 Å². The first-order valence-electron chi connectivity index (χ1n) is 9.84. The van der Waals surface area contributed by atoms with Gasteiger partial charge in [-0.05, 0) is 67.0 Å². The highest BCUT2D eigenvalue weighted by molar-refractivity contribution is 7.98. The topological polar surface area (TPSA) is 51.4 Å². The number of imidazole rings is 1. The highest BCUT2D eigenvalue weighted by atomic mass is 32.2. The minimum atomic E-state index is -0.291. The number of rotatable bonds is 6. The number of aromatic amines is 1. The van der Waals surface area contributed by atoms with Crippen molar-refractivity contribution in [3.05, 3.63) is 94.2 Å². The van der Waals surface area contributed by atoms with Crippen molar-refractivity contribution in [2.45, 2.75) is 17.8 Å². The van der Waals surface area contributed by atoms with Gasteiger partial charge in [-0.15, -0.1) is 11.3 Å². The Bertz CT molecular complexity index is 1400. The molecule has 0 saturated heterocycles. The molecule has 2 aromatic carbocycles. The summed E-state index contributed by atoms with van der Waals surface area (Å²) in [4.78, 5) is 6.02. The molecule has 3 aromatic heterocycles. The number of hydrogen-bond donors (Lipinski definition) is 1. The van der Waals surface area contributed by atoms with E-state index in [9.17, 15) is 4.39 Å². The number of aryl methyl sites for hydroxylation is 1. The van der Waals surface area contributed by atoms with Crippen LogP contribution in [-0.2, 0) is 5.75 Å². The number of hydrogen-bond acceptors (Lipinski definition) is 5. The van der Waals surface area contributed by atoms with E-state index in [1.165, 1.54) is 17.7 Å². The van der Waals surface area contributed by atoms with E-state index in [4.69, 9.17) is 17.2 Å². The van der Waals surface area contributed by atoms with Gasteiger partial charge in [-0.1, -0.05) is 35.5 Å². The summed E-state index contributed by atoms with van der Waals surface area (Å²) in [5.74, 6) is 0.987. The van der Waals surface area contributed by atoms with Crippen LogP contribution in [0.15, 0.2) is 77.4 Å². The Balaban J connectivity index is 1.49. The summed E-state index contributed by atoms with van der Waals surface area (Å²) >= 11 is 8.65. The molecule has 0 spiro atoms. The number of thioether (sulfide) groups is 1. The molecular formula is C23H18FN5S3. The largest absolute Gasteiger partial charge is 0.294 e. The maximum Gasteiger partial charge on any atom is 0.199 e. The number of H-pyrrole nitrogens is 1. The molecule has 3 heterocycles. The van der Waals surface area contributed by atoms with Crippen LogP contribution >= 0.6 is 35.3 Å². The Morgan fingerprint density at radius 2 is 1.81 bits per heavy atom. The highest BCUT2D eigenvalue weighted by Crippen LogP contribution is 2.31. The summed E-state index contributed by atoms with van der Waals surface area (Å²) in [5.41, 5.74) is 3.95. The number of aromatic nitrogens is 5. The van der Waals surface area contributed by atoms with Crippen LogP contribution in [0.3, 0.4) is 0 Å². The summed E-state index contributed by atoms with van der Waals surface area (Å²) in [5, 5.41) is 10.2. The molecule has 0 atom stereocenters. The summed E-state index contributed by atoms with van der Waals surface area (Å²) in [6.45, 7) is 2.07. The van der Waals surface area contributed by atoms with Gasteiger partial charge in [-0.25, -0.2) is 9.37 Å². The first-order valence-corrected chi connectivity index (χ1v) is 12.1. The molecule has 0 aliphatic rings. The van der Waals surface area contributed by atoms with Crippen molar-refractivity contribution >= 4 is 35.3 Å². The van der Waals surface area contributed by atoms with E-state index >= 15 is 0 Å². The maximum absolute atomic E-state index is 13.4. The zero-order valence-corrected chi connectivity index (χ0v) is 19.5. The highest BCUT2D eigenvalue weighted by Gasteiger charge is 2.15. The molecule has 0 bridgehead atoms. The van der Waals surface area contributed by atoms with Gasteiger partial charge in [-0.2, -0.15) is 5.10 Å². The van der Waals surface area contributed by atoms with Crippen molar-refractivity contribution in [2.24, 2.45) is 0 Å². The van der Waals surface area contributed by atoms with Crippen LogP contribution in [0.4, 0.5) is 4.39 Å². The molecule has 5 aromatic rings. The van der Waals surface area contributed by atoms with E-state index in [0.29, 0.717) is 10.5 Å². The molecule has 160 valence electrons. The van der Waals surface area contributed by atoms with E-state index in [1.54, 1.807) is 35.2 Å². The van der Waals surface area contributed by atoms with Crippen LogP contribution in [0.25, 0.3) is 21.9 Å². The average Bonchev–Trinajstić information content (AvgIpc) is 3.53. The minimum Gasteiger partial charge on any atom is -0.294 e. The lowest BCUT2D eigenvalue weighted by Gasteiger charge is -2.09. The SMILES string of the molecule is Cc1ccc(-n2cc(-c3cccs3)nc2SCc2n[nH]c(=S)n2-c2ccc(F)cc2)cc1. The van der Waals surface area contributed by atoms with Crippen LogP contribution in [-0.4, -0.2) is 24.3 Å². The van der Waals surface area contributed by atoms with Crippen molar-refractivity contribution in [2.75, 3.05) is 0 Å². The van der Waals surface area contributed by atoms with E-state index in [0.717, 1.165) is 32.9 Å². The Hall–Kier alpha value is -3.01. The van der Waals surface area contributed by atoms with Gasteiger partial charge in [0.1, 0.15) is 11.6 Å². The van der Waals surface area contributed by atoms with Gasteiger partial charge in [-0.3, -0.25) is 14.2 Å². The Kier molecular flexibility index (Phi) is 5.77. The third kappa shape index (κ3) is 4.19. The van der Waals surface area contributed by atoms with Gasteiger partial charge < -0.3 is 0 Å². The van der Waals surface area contributed by atoms with E-state index in [2.05, 4.69) is 58.2 Å². The second-order valence-corrected chi connectivity index (χ2v) is 9.41. The summed E-state index contributed by atoms with van der Waals surface area (Å²) in [6, 6.07) is 18.7. The second-order valence-electron chi connectivity index (χ2n) is 7.14. The van der Waals surface area contributed by atoms with Gasteiger partial charge in [0.15, 0.2) is 9.93 Å². The predicted octanol–water partition coefficient (Wildman–Crippen LogP) is 6.58. The Morgan fingerprint density at radius 3 is 2.53 bits per heavy atom. The molecular weight excluding hydrogens is 461 g/mol. The zero-order chi connectivity index (χ0) is 22.1. The van der Waals surface area contributed by atoms with Crippen LogP contribution in [0.1, 0.15) is 11.4 Å². The summed E-state index contributed by atoms with van der Waals surface area (Å²) < 4.78 is 17.8. The fraction of sp³-hybridized carbons (Fsp3) is 0.0870. The summed E-state index contributed by atoms with van der Waals surface area (Å²) in [6.07, 6.45) is 2.07. The van der Waals surface area contributed by atoms with Crippen molar-refractivity contribution in [1.29, 1.82) is 0 Å². The molecule has 0 saturated carbocycles. The molecule has 0 amide bonds. The van der Waals surface area contributed by atoms with E-state index in [-0.39, 0.29) is 5.82 Å². The molecule has 0 unspecified atom stereocenters. The van der Waals surface area contributed by atoms with Gasteiger partial charge >= 0.3 is 0 Å². The zero-order valence-electron chi connectivity index (χ0n) is 17.0. The molecule has 9 heteroatoms. The quantitative estimate of drug-likeness (QED) is 0.221. The van der Waals surface area contributed by atoms with Gasteiger partial charge in [0.05, 0.1) is 16.3 Å². The molecule has 0 fully saturated rings. The van der Waals surface area contributed by atoms with Gasteiger partial charge in [0, 0.05) is 17.6 Å². The van der Waals surface area contributed by atoms with Crippen LogP contribution in [0, 0.1) is 17.5 Å². The smallest absolute Gasteiger partial charge is 0.199 e. The monoisotopic (exact) mass is 479 g/mol. The first kappa shape index (κ1) is 20.9. The lowest BCUT2D eigenvalue weighted by Crippen LogP contribution is -2.01. The third-order valence-corrected chi connectivity index (χ3v) is 7.03. The molecule has 0 aliphatic carbocycles. The number of benzene rings is 2. The second kappa shape index (κ2) is 8.85. The molecule has 32 heavy (non-hydrogen) atoms. The fourth-order valence-corrected chi connectivity index (χ4v) is 5.16. The van der Waals surface area contributed by atoms with E-state index < -0.39 is 0 Å². The predicted molar refractivity (Wildman–Crippen MR) is 130 cm³/mol. The van der Waals surface area contributed by atoms with Crippen molar-refractivity contribution in [1.82, 2.24) is 24.3 Å². The summed E-state index contributed by atoms with van der Waals surface area (Å²) in [7, 11) is 0. The van der Waals surface area contributed by atoms with Gasteiger partial charge in [0.25, 0.3) is 0 Å². The number of nitrogens with one attached hydrogen (secondary N) is 1. The normalized spacial score (nSPS) is 11.2. The minimum absolute atomic E-state index is 0.291. The van der Waals surface area contributed by atoms with Crippen molar-refractivity contribution in [3.63, 3.8) is 0 Å². The Morgan fingerprint density at radius 1 is 1.06 bits per heavy atom. The van der Waals surface area contributed by atoms with Crippen LogP contribution in [0.5, 0.6) is 0 Å². The number of thiophene rings is 1. The lowest BCUT2D eigenvalue weighted by molar-refractivity contribution is 0.627. The molecule has 0 aliphatic heterocycles. The fourth-order valence-electron chi connectivity index (χ4n) is 3.31. The van der Waals surface area contributed by atoms with E-state index in [1.807, 2.05) is 16.0 Å². The maximum atomic E-state index is 13.4. The third-order valence-electron chi connectivity index (χ3n) is 4.92. The first-order chi connectivity index (χ1) is 15.6. The van der Waals surface area contributed by atoms with Crippen molar-refractivity contribution < 1.29 is 4.39 Å². The molecule has 0 radical (unpaired) electrons. The Labute approximate surface area is 197 Å². The standard InChI is InChI=1S/C23H18FN5S3/c1-15-4-8-17(9-5-15)28-13-19(20-3-2-12-31-20)25-23(28)32-14-21-26-27-22(30)29(21)18-10-6-16(24)7-11-18/h2-13H,14H2,1H3,(H,27,30). The van der Waals surface area contributed by atoms with Gasteiger partial charge in [0.2, 0.25) is 0 Å². The lowest BCUT2D eigenvalue weighted by atomic mass is 10.2. The molecule has 5 rings (SSSR count). The van der Waals surface area contributed by atoms with Crippen LogP contribution in [0.2, 0.25) is 0 Å².